The maximum Gasteiger partial charge on any atom is 0.407 e. The van der Waals surface area contributed by atoms with Crippen LogP contribution in [0.15, 0.2) is 66.1 Å². The molecule has 4 N–H and O–H groups in total. The van der Waals surface area contributed by atoms with E-state index in [2.05, 4.69) is 45.5 Å². The van der Waals surface area contributed by atoms with Gasteiger partial charge in [-0.25, -0.2) is 14.2 Å². The zero-order chi connectivity index (χ0) is 31.0. The number of nitrogens with two attached hydrogens (primary N) is 1. The molecule has 2 saturated heterocycles. The first-order valence-electron chi connectivity index (χ1n) is 15.6. The molecule has 4 atom stereocenters. The Morgan fingerprint density at radius 1 is 1.02 bits per heavy atom. The zero-order valence-corrected chi connectivity index (χ0v) is 25.6. The molecule has 232 valence electrons. The first kappa shape index (κ1) is 29.7. The molecule has 0 unspecified atom stereocenters. The molecule has 1 aromatic heterocycles. The molecule has 3 aromatic rings. The minimum absolute atomic E-state index is 0.0840. The van der Waals surface area contributed by atoms with E-state index in [1.54, 1.807) is 6.08 Å². The number of nitrogens with one attached hydrogen (secondary N) is 2. The lowest BCUT2D eigenvalue weighted by atomic mass is 10.0. The van der Waals surface area contributed by atoms with Crippen LogP contribution in [0.2, 0.25) is 0 Å². The van der Waals surface area contributed by atoms with Crippen LogP contribution in [-0.2, 0) is 9.53 Å². The van der Waals surface area contributed by atoms with Crippen LogP contribution in [-0.4, -0.2) is 51.5 Å². The van der Waals surface area contributed by atoms with Crippen molar-refractivity contribution in [3.05, 3.63) is 83.1 Å². The molecule has 3 aliphatic rings. The second-order valence-corrected chi connectivity index (χ2v) is 12.4. The molecule has 44 heavy (non-hydrogen) atoms. The maximum atomic E-state index is 14.0. The average Bonchev–Trinajstić information content (AvgIpc) is 3.78. The highest BCUT2D eigenvalue weighted by molar-refractivity contribution is 5.86. The number of imidazole rings is 1. The Morgan fingerprint density at radius 3 is 2.43 bits per heavy atom. The zero-order valence-electron chi connectivity index (χ0n) is 25.6. The number of allylic oxidation sites excluding steroid dienone is 4. The molecule has 2 aromatic carbocycles. The molecule has 0 spiro atoms. The van der Waals surface area contributed by atoms with E-state index in [1.807, 2.05) is 37.0 Å². The van der Waals surface area contributed by atoms with E-state index in [1.165, 1.54) is 12.7 Å². The summed E-state index contributed by atoms with van der Waals surface area (Å²) < 4.78 is 18.8. The monoisotopic (exact) mass is 600 g/mol. The van der Waals surface area contributed by atoms with Crippen molar-refractivity contribution in [2.75, 3.05) is 19.4 Å². The van der Waals surface area contributed by atoms with Crippen molar-refractivity contribution in [1.29, 1.82) is 0 Å². The lowest BCUT2D eigenvalue weighted by Gasteiger charge is -2.36. The van der Waals surface area contributed by atoms with Crippen LogP contribution in [0.3, 0.4) is 0 Å². The number of nitrogen functional groups attached to an aromatic ring is 1. The molecular formula is C34H41FN6O3. The minimum Gasteiger partial charge on any atom is -0.453 e. The number of aromatic amines is 1. The number of carbonyl (C=O) groups is 2. The van der Waals surface area contributed by atoms with Gasteiger partial charge < -0.3 is 30.6 Å². The number of hydrogen-bond acceptors (Lipinski definition) is 6. The highest BCUT2D eigenvalue weighted by Gasteiger charge is 2.39. The summed E-state index contributed by atoms with van der Waals surface area (Å²) in [5.41, 5.74) is 12.0. The lowest BCUT2D eigenvalue weighted by molar-refractivity contribution is -0.135. The summed E-state index contributed by atoms with van der Waals surface area (Å²) in [6.45, 7) is 4.42. The van der Waals surface area contributed by atoms with Gasteiger partial charge in [0.2, 0.25) is 5.91 Å². The molecule has 2 amide bonds. The number of ether oxygens (including phenoxy) is 1. The van der Waals surface area contributed by atoms with Crippen molar-refractivity contribution in [3.63, 3.8) is 0 Å². The molecule has 0 radical (unpaired) electrons. The summed E-state index contributed by atoms with van der Waals surface area (Å²) in [6, 6.07) is 13.8. The Balaban J connectivity index is 1.29. The fraction of sp³-hybridized carbons (Fsp3) is 0.441. The number of H-pyrrole nitrogens is 1. The summed E-state index contributed by atoms with van der Waals surface area (Å²) in [5.74, 6) is 0.441. The molecule has 2 fully saturated rings. The van der Waals surface area contributed by atoms with Gasteiger partial charge in [0.1, 0.15) is 17.7 Å². The van der Waals surface area contributed by atoms with Crippen molar-refractivity contribution >= 4 is 28.7 Å². The van der Waals surface area contributed by atoms with Gasteiger partial charge >= 0.3 is 6.09 Å². The van der Waals surface area contributed by atoms with Crippen LogP contribution in [0, 0.1) is 5.92 Å². The van der Waals surface area contributed by atoms with Crippen LogP contribution in [0.25, 0.3) is 11.0 Å². The number of likely N-dealkylation sites (tertiary alicyclic amines) is 2. The fourth-order valence-electron chi connectivity index (χ4n) is 7.00. The highest BCUT2D eigenvalue weighted by atomic mass is 19.1. The Labute approximate surface area is 257 Å². The van der Waals surface area contributed by atoms with E-state index in [4.69, 9.17) is 15.5 Å². The number of nitrogens with zero attached hydrogens (tertiary/aromatic N) is 3. The third-order valence-electron chi connectivity index (χ3n) is 9.27. The van der Waals surface area contributed by atoms with Gasteiger partial charge in [0.25, 0.3) is 0 Å². The second-order valence-electron chi connectivity index (χ2n) is 12.4. The second kappa shape index (κ2) is 12.3. The Kier molecular flexibility index (Phi) is 8.33. The van der Waals surface area contributed by atoms with Gasteiger partial charge in [0, 0.05) is 24.4 Å². The first-order chi connectivity index (χ1) is 21.2. The summed E-state index contributed by atoms with van der Waals surface area (Å²) in [7, 11) is 1.30. The van der Waals surface area contributed by atoms with Crippen LogP contribution in [0.1, 0.15) is 87.4 Å². The number of anilines is 1. The van der Waals surface area contributed by atoms with Crippen molar-refractivity contribution in [1.82, 2.24) is 25.1 Å². The van der Waals surface area contributed by atoms with Crippen LogP contribution < -0.4 is 11.1 Å². The first-order valence-corrected chi connectivity index (χ1v) is 15.6. The molecule has 10 heteroatoms. The van der Waals surface area contributed by atoms with E-state index in [9.17, 15) is 14.0 Å². The number of methoxy groups -OCH3 is 1. The van der Waals surface area contributed by atoms with Gasteiger partial charge in [-0.15, -0.1) is 0 Å². The Bertz CT molecular complexity index is 1600. The predicted octanol–water partition coefficient (Wildman–Crippen LogP) is 6.60. The standard InChI is InChI=1S/C34H41FN6O3/c1-20(2)31(39-34(43)44-3)33(42)40-18-4-5-30(40)32-37-26-15-8-22(19-27(26)38-32)29-17-16-28(21-6-11-24(36)12-7-21)41(29)25-13-9-23(35)10-14-25/h6-9,11-13,15,19-20,28-31H,4-5,10,14,16-18,36H2,1-3H3,(H,37,38)(H,39,43)/t28-,29-,30+,31+/m1/s1. The quantitative estimate of drug-likeness (QED) is 0.263. The van der Waals surface area contributed by atoms with Crippen molar-refractivity contribution in [2.24, 2.45) is 5.92 Å². The van der Waals surface area contributed by atoms with Crippen molar-refractivity contribution in [2.45, 2.75) is 76.5 Å². The normalized spacial score (nSPS) is 22.7. The Hall–Kier alpha value is -4.34. The molecule has 1 aliphatic carbocycles. The summed E-state index contributed by atoms with van der Waals surface area (Å²) in [5, 5.41) is 2.71. The van der Waals surface area contributed by atoms with Gasteiger partial charge in [-0.2, -0.15) is 0 Å². The molecule has 3 heterocycles. The number of hydrogen-bond donors (Lipinski definition) is 3. The third kappa shape index (κ3) is 5.77. The highest BCUT2D eigenvalue weighted by Crippen LogP contribution is 2.48. The average molecular weight is 601 g/mol. The number of benzene rings is 2. The van der Waals surface area contributed by atoms with Gasteiger partial charge in [0.05, 0.1) is 36.3 Å². The number of rotatable bonds is 7. The fourth-order valence-corrected chi connectivity index (χ4v) is 7.00. The van der Waals surface area contributed by atoms with Crippen molar-refractivity contribution < 1.29 is 18.7 Å². The van der Waals surface area contributed by atoms with E-state index < -0.39 is 12.1 Å². The number of halogens is 1. The number of alkyl carbamates (subject to hydrolysis) is 1. The van der Waals surface area contributed by atoms with Gasteiger partial charge in [-0.05, 0) is 85.6 Å². The van der Waals surface area contributed by atoms with E-state index in [0.29, 0.717) is 19.4 Å². The molecular weight excluding hydrogens is 559 g/mol. The molecule has 9 nitrogen and oxygen atoms in total. The summed E-state index contributed by atoms with van der Waals surface area (Å²) in [4.78, 5) is 38.3. The molecule has 0 saturated carbocycles. The van der Waals surface area contributed by atoms with Crippen LogP contribution in [0.5, 0.6) is 0 Å². The van der Waals surface area contributed by atoms with Crippen LogP contribution >= 0.6 is 0 Å². The molecule has 6 rings (SSSR count). The predicted molar refractivity (Wildman–Crippen MR) is 168 cm³/mol. The number of aromatic nitrogens is 2. The number of fused-ring (bicyclic) bond motifs is 1. The maximum absolute atomic E-state index is 14.0. The number of carbonyl (C=O) groups excluding carboxylic acids is 2. The molecule has 0 bridgehead atoms. The largest absolute Gasteiger partial charge is 0.453 e. The topological polar surface area (TPSA) is 117 Å². The van der Waals surface area contributed by atoms with Gasteiger partial charge in [-0.1, -0.05) is 32.0 Å². The minimum atomic E-state index is -0.682. The lowest BCUT2D eigenvalue weighted by Crippen LogP contribution is -2.51. The van der Waals surface area contributed by atoms with E-state index in [-0.39, 0.29) is 35.8 Å². The summed E-state index contributed by atoms with van der Waals surface area (Å²) >= 11 is 0. The van der Waals surface area contributed by atoms with Gasteiger partial charge in [-0.3, -0.25) is 4.79 Å². The molecule has 2 aliphatic heterocycles. The number of amides is 2. The van der Waals surface area contributed by atoms with E-state index >= 15 is 0 Å². The third-order valence-corrected chi connectivity index (χ3v) is 9.27. The van der Waals surface area contributed by atoms with Crippen molar-refractivity contribution in [3.8, 4) is 0 Å². The Morgan fingerprint density at radius 2 is 1.75 bits per heavy atom. The summed E-state index contributed by atoms with van der Waals surface area (Å²) in [6.07, 6.45) is 7.55. The van der Waals surface area contributed by atoms with Crippen LogP contribution in [0.4, 0.5) is 14.9 Å². The SMILES string of the molecule is COC(=O)N[C@H](C(=O)N1CCC[C@H]1c1nc2cc([C@H]3CC[C@H](c4ccc(N)cc4)N3C3=CC=C(F)CC3)ccc2[nH]1)C(C)C. The smallest absolute Gasteiger partial charge is 0.407 e. The van der Waals surface area contributed by atoms with E-state index in [0.717, 1.165) is 59.5 Å². The van der Waals surface area contributed by atoms with Gasteiger partial charge in [0.15, 0.2) is 0 Å².